The lowest BCUT2D eigenvalue weighted by Crippen LogP contribution is -1.94. The molecule has 0 aromatic carbocycles. The average molecular weight is 255 g/mol. The Morgan fingerprint density at radius 1 is 1.83 bits per heavy atom. The predicted molar refractivity (Wildman–Crippen MR) is 49.5 cm³/mol. The van der Waals surface area contributed by atoms with Crippen molar-refractivity contribution < 1.29 is 14.2 Å². The molecule has 1 aromatic rings. The zero-order chi connectivity index (χ0) is 9.14. The van der Waals surface area contributed by atoms with Gasteiger partial charge in [0.1, 0.15) is 12.8 Å². The number of hydrogen-bond acceptors (Lipinski definition) is 3. The fourth-order valence-corrected chi connectivity index (χ4v) is 2.38. The Morgan fingerprint density at radius 3 is 2.92 bits per heavy atom. The molecule has 0 fully saturated rings. The Balaban J connectivity index is 2.88. The summed E-state index contributed by atoms with van der Waals surface area (Å²) in [6, 6.07) is 1.66. The van der Waals surface area contributed by atoms with Crippen LogP contribution < -0.4 is 4.74 Å². The number of alkyl halides is 1. The van der Waals surface area contributed by atoms with Crippen molar-refractivity contribution in [1.82, 2.24) is 0 Å². The van der Waals surface area contributed by atoms with Gasteiger partial charge in [0, 0.05) is 4.88 Å². The van der Waals surface area contributed by atoms with Gasteiger partial charge in [0.15, 0.2) is 5.06 Å². The first kappa shape index (κ1) is 9.95. The van der Waals surface area contributed by atoms with Crippen LogP contribution in [0.5, 0.6) is 5.06 Å². The smallest absolute Gasteiger partial charge is 0.188 e. The number of hydrogen-bond donors (Lipinski definition) is 1. The third kappa shape index (κ3) is 1.97. The Kier molecular flexibility index (Phi) is 3.49. The summed E-state index contributed by atoms with van der Waals surface area (Å²) in [5.74, 6) is 0. The monoisotopic (exact) mass is 254 g/mol. The largest absolute Gasteiger partial charge is 0.486 e. The van der Waals surface area contributed by atoms with Crippen molar-refractivity contribution in [3.63, 3.8) is 0 Å². The minimum absolute atomic E-state index is 0.571. The summed E-state index contributed by atoms with van der Waals surface area (Å²) < 4.78 is 17.7. The van der Waals surface area contributed by atoms with Gasteiger partial charge in [-0.15, -0.1) is 11.3 Å². The maximum Gasteiger partial charge on any atom is 0.188 e. The zero-order valence-electron chi connectivity index (χ0n) is 6.38. The molecule has 12 heavy (non-hydrogen) atoms. The number of halogens is 2. The number of ether oxygens (including phenoxy) is 1. The van der Waals surface area contributed by atoms with Crippen molar-refractivity contribution in [1.29, 1.82) is 0 Å². The van der Waals surface area contributed by atoms with E-state index in [4.69, 9.17) is 9.84 Å². The molecule has 0 bridgehead atoms. The summed E-state index contributed by atoms with van der Waals surface area (Å²) in [6.45, 7) is -0.768. The molecular formula is C7H8BrFO2S. The zero-order valence-corrected chi connectivity index (χ0v) is 8.78. The SMILES string of the molecule is COc1sc(C(O)CF)cc1Br. The van der Waals surface area contributed by atoms with E-state index < -0.39 is 12.8 Å². The van der Waals surface area contributed by atoms with Crippen LogP contribution in [0, 0.1) is 0 Å². The van der Waals surface area contributed by atoms with Crippen molar-refractivity contribution in [2.24, 2.45) is 0 Å². The van der Waals surface area contributed by atoms with Gasteiger partial charge in [0.25, 0.3) is 0 Å². The van der Waals surface area contributed by atoms with Gasteiger partial charge in [-0.05, 0) is 22.0 Å². The number of aliphatic hydroxyl groups is 1. The molecule has 1 unspecified atom stereocenters. The van der Waals surface area contributed by atoms with E-state index in [2.05, 4.69) is 15.9 Å². The maximum atomic E-state index is 12.0. The van der Waals surface area contributed by atoms with Crippen molar-refractivity contribution in [3.8, 4) is 5.06 Å². The molecule has 0 spiro atoms. The van der Waals surface area contributed by atoms with Gasteiger partial charge in [-0.1, -0.05) is 0 Å². The number of rotatable bonds is 3. The molecule has 0 aliphatic carbocycles. The Labute approximate surface area is 82.1 Å². The Bertz CT molecular complexity index is 264. The van der Waals surface area contributed by atoms with E-state index >= 15 is 0 Å². The second-order valence-corrected chi connectivity index (χ2v) is 4.06. The summed E-state index contributed by atoms with van der Waals surface area (Å²) in [5.41, 5.74) is 0. The van der Waals surface area contributed by atoms with E-state index in [1.165, 1.54) is 18.4 Å². The average Bonchev–Trinajstić information content (AvgIpc) is 2.45. The van der Waals surface area contributed by atoms with Gasteiger partial charge < -0.3 is 9.84 Å². The molecular weight excluding hydrogens is 247 g/mol. The fraction of sp³-hybridized carbons (Fsp3) is 0.429. The van der Waals surface area contributed by atoms with Crippen molar-refractivity contribution in [2.75, 3.05) is 13.8 Å². The molecule has 0 aliphatic heterocycles. The molecule has 0 radical (unpaired) electrons. The molecule has 0 aliphatic rings. The van der Waals surface area contributed by atoms with E-state index in [1.54, 1.807) is 6.07 Å². The van der Waals surface area contributed by atoms with E-state index in [0.29, 0.717) is 9.94 Å². The number of aliphatic hydroxyl groups excluding tert-OH is 1. The third-order valence-electron chi connectivity index (χ3n) is 1.33. The molecule has 1 atom stereocenters. The van der Waals surface area contributed by atoms with E-state index in [0.717, 1.165) is 4.47 Å². The molecule has 2 nitrogen and oxygen atoms in total. The second-order valence-electron chi connectivity index (χ2n) is 2.16. The highest BCUT2D eigenvalue weighted by molar-refractivity contribution is 9.10. The van der Waals surface area contributed by atoms with Crippen LogP contribution in [0.2, 0.25) is 0 Å². The van der Waals surface area contributed by atoms with Crippen LogP contribution >= 0.6 is 27.3 Å². The standard InChI is InChI=1S/C7H8BrFO2S/c1-11-7-4(8)2-6(12-7)5(10)3-9/h2,5,10H,3H2,1H3. The maximum absolute atomic E-state index is 12.0. The number of thiophene rings is 1. The lowest BCUT2D eigenvalue weighted by molar-refractivity contribution is 0.145. The van der Waals surface area contributed by atoms with E-state index in [9.17, 15) is 4.39 Å². The van der Waals surface area contributed by atoms with Crippen molar-refractivity contribution in [2.45, 2.75) is 6.10 Å². The molecule has 1 aromatic heterocycles. The molecule has 1 N–H and O–H groups in total. The van der Waals surface area contributed by atoms with Gasteiger partial charge in [-0.2, -0.15) is 0 Å². The van der Waals surface area contributed by atoms with Gasteiger partial charge >= 0.3 is 0 Å². The normalized spacial score (nSPS) is 13.0. The molecule has 0 amide bonds. The Morgan fingerprint density at radius 2 is 2.50 bits per heavy atom. The summed E-state index contributed by atoms with van der Waals surface area (Å²) in [6.07, 6.45) is -1.03. The van der Waals surface area contributed by atoms with Crippen LogP contribution in [0.1, 0.15) is 11.0 Å². The van der Waals surface area contributed by atoms with Crippen LogP contribution in [-0.4, -0.2) is 18.9 Å². The third-order valence-corrected chi connectivity index (χ3v) is 3.38. The highest BCUT2D eigenvalue weighted by Crippen LogP contribution is 2.37. The van der Waals surface area contributed by atoms with Gasteiger partial charge in [-0.3, -0.25) is 0 Å². The highest BCUT2D eigenvalue weighted by Gasteiger charge is 2.13. The van der Waals surface area contributed by atoms with Gasteiger partial charge in [0.05, 0.1) is 11.6 Å². The lowest BCUT2D eigenvalue weighted by atomic mass is 10.3. The van der Waals surface area contributed by atoms with Crippen LogP contribution in [0.3, 0.4) is 0 Å². The van der Waals surface area contributed by atoms with Crippen LogP contribution in [-0.2, 0) is 0 Å². The predicted octanol–water partition coefficient (Wildman–Crippen LogP) is 2.52. The molecule has 0 saturated heterocycles. The van der Waals surface area contributed by atoms with Crippen molar-refractivity contribution in [3.05, 3.63) is 15.4 Å². The first-order chi connectivity index (χ1) is 5.69. The minimum Gasteiger partial charge on any atom is -0.486 e. The summed E-state index contributed by atoms with van der Waals surface area (Å²) in [5, 5.41) is 9.77. The molecule has 5 heteroatoms. The van der Waals surface area contributed by atoms with E-state index in [-0.39, 0.29) is 0 Å². The van der Waals surface area contributed by atoms with Crippen LogP contribution in [0.25, 0.3) is 0 Å². The van der Waals surface area contributed by atoms with Crippen LogP contribution in [0.4, 0.5) is 4.39 Å². The molecule has 0 saturated carbocycles. The summed E-state index contributed by atoms with van der Waals surface area (Å²) in [7, 11) is 1.53. The summed E-state index contributed by atoms with van der Waals surface area (Å²) in [4.78, 5) is 0.571. The molecule has 1 rings (SSSR count). The number of methoxy groups -OCH3 is 1. The fourth-order valence-electron chi connectivity index (χ4n) is 0.748. The second kappa shape index (κ2) is 4.20. The summed E-state index contributed by atoms with van der Waals surface area (Å²) >= 11 is 4.46. The van der Waals surface area contributed by atoms with Crippen LogP contribution in [0.15, 0.2) is 10.5 Å². The lowest BCUT2D eigenvalue weighted by Gasteiger charge is -1.99. The Hall–Kier alpha value is -0.130. The van der Waals surface area contributed by atoms with E-state index in [1.807, 2.05) is 0 Å². The first-order valence-electron chi connectivity index (χ1n) is 3.26. The van der Waals surface area contributed by atoms with Crippen molar-refractivity contribution >= 4 is 27.3 Å². The van der Waals surface area contributed by atoms with Gasteiger partial charge in [0.2, 0.25) is 0 Å². The highest BCUT2D eigenvalue weighted by atomic mass is 79.9. The van der Waals surface area contributed by atoms with Gasteiger partial charge in [-0.25, -0.2) is 4.39 Å². The first-order valence-corrected chi connectivity index (χ1v) is 4.87. The minimum atomic E-state index is -1.03. The topological polar surface area (TPSA) is 29.5 Å². The quantitative estimate of drug-likeness (QED) is 0.899. The molecule has 68 valence electrons. The molecule has 1 heterocycles.